The Morgan fingerprint density at radius 1 is 1.18 bits per heavy atom. The van der Waals surface area contributed by atoms with Gasteiger partial charge in [0.05, 0.1) is 15.4 Å². The highest BCUT2D eigenvalue weighted by Gasteiger charge is 2.36. The van der Waals surface area contributed by atoms with E-state index in [1.54, 1.807) is 18.2 Å². The van der Waals surface area contributed by atoms with Crippen molar-refractivity contribution in [2.45, 2.75) is 0 Å². The molecule has 2 aromatic rings. The molecule has 0 atom stereocenters. The fourth-order valence-corrected chi connectivity index (χ4v) is 3.62. The van der Waals surface area contributed by atoms with Gasteiger partial charge in [0, 0.05) is 15.3 Å². The summed E-state index contributed by atoms with van der Waals surface area (Å²) in [6.07, 6.45) is 1.29. The number of nitro groups is 1. The smallest absolute Gasteiger partial charge is 0.294 e. The Morgan fingerprint density at radius 2 is 1.86 bits per heavy atom. The summed E-state index contributed by atoms with van der Waals surface area (Å²) in [6, 6.07) is 12.9. The lowest BCUT2D eigenvalue weighted by molar-refractivity contribution is -0.385. The molecule has 1 heterocycles. The molecule has 0 spiro atoms. The number of anilines is 1. The molecule has 1 aliphatic heterocycles. The SMILES string of the molecule is O=C(CN1C(=O)S/C(=C/c2ccccc2[N+](=O)[O-])C1=O)Nc1ccc(I)cc1. The zero-order valence-corrected chi connectivity index (χ0v) is 17.1. The van der Waals surface area contributed by atoms with E-state index in [9.17, 15) is 24.5 Å². The van der Waals surface area contributed by atoms with Crippen LogP contribution in [0, 0.1) is 13.7 Å². The zero-order valence-electron chi connectivity index (χ0n) is 14.1. The molecule has 2 aromatic carbocycles. The lowest BCUT2D eigenvalue weighted by Crippen LogP contribution is -2.36. The van der Waals surface area contributed by atoms with E-state index in [-0.39, 0.29) is 16.2 Å². The quantitative estimate of drug-likeness (QED) is 0.284. The number of carbonyl (C=O) groups excluding carboxylic acids is 3. The van der Waals surface area contributed by atoms with Crippen LogP contribution in [0.5, 0.6) is 0 Å². The number of hydrogen-bond donors (Lipinski definition) is 1. The van der Waals surface area contributed by atoms with Crippen LogP contribution >= 0.6 is 34.4 Å². The monoisotopic (exact) mass is 509 g/mol. The van der Waals surface area contributed by atoms with E-state index in [2.05, 4.69) is 27.9 Å². The van der Waals surface area contributed by atoms with Gasteiger partial charge in [0.2, 0.25) is 5.91 Å². The summed E-state index contributed by atoms with van der Waals surface area (Å²) in [6.45, 7) is -0.440. The molecule has 1 saturated heterocycles. The van der Waals surface area contributed by atoms with Crippen molar-refractivity contribution in [3.63, 3.8) is 0 Å². The van der Waals surface area contributed by atoms with Crippen molar-refractivity contribution in [1.82, 2.24) is 4.90 Å². The normalized spacial score (nSPS) is 15.2. The molecule has 3 rings (SSSR count). The van der Waals surface area contributed by atoms with Gasteiger partial charge in [0.1, 0.15) is 6.54 Å². The second-order valence-corrected chi connectivity index (χ2v) is 7.88. The summed E-state index contributed by atoms with van der Waals surface area (Å²) in [7, 11) is 0. The van der Waals surface area contributed by atoms with Crippen LogP contribution in [0.2, 0.25) is 0 Å². The van der Waals surface area contributed by atoms with Crippen LogP contribution in [-0.2, 0) is 9.59 Å². The van der Waals surface area contributed by atoms with E-state index in [1.807, 2.05) is 12.1 Å². The molecule has 10 heteroatoms. The molecular weight excluding hydrogens is 497 g/mol. The van der Waals surface area contributed by atoms with Gasteiger partial charge < -0.3 is 5.32 Å². The highest BCUT2D eigenvalue weighted by molar-refractivity contribution is 14.1. The summed E-state index contributed by atoms with van der Waals surface area (Å²) in [5.41, 5.74) is 0.583. The van der Waals surface area contributed by atoms with E-state index in [1.165, 1.54) is 24.3 Å². The molecule has 0 radical (unpaired) electrons. The predicted octanol–water partition coefficient (Wildman–Crippen LogP) is 3.87. The maximum Gasteiger partial charge on any atom is 0.294 e. The van der Waals surface area contributed by atoms with Crippen LogP contribution in [0.25, 0.3) is 6.08 Å². The first-order valence-corrected chi connectivity index (χ1v) is 9.79. The largest absolute Gasteiger partial charge is 0.325 e. The fourth-order valence-electron chi connectivity index (χ4n) is 2.43. The van der Waals surface area contributed by atoms with E-state index in [4.69, 9.17) is 0 Å². The molecule has 0 aromatic heterocycles. The van der Waals surface area contributed by atoms with Gasteiger partial charge in [-0.1, -0.05) is 12.1 Å². The third-order valence-electron chi connectivity index (χ3n) is 3.72. The van der Waals surface area contributed by atoms with Crippen LogP contribution in [0.4, 0.5) is 16.2 Å². The topological polar surface area (TPSA) is 110 Å². The van der Waals surface area contributed by atoms with Crippen molar-refractivity contribution < 1.29 is 19.3 Å². The van der Waals surface area contributed by atoms with E-state index in [0.717, 1.165) is 8.47 Å². The van der Waals surface area contributed by atoms with Crippen molar-refractivity contribution in [2.24, 2.45) is 0 Å². The number of halogens is 1. The highest BCUT2D eigenvalue weighted by Crippen LogP contribution is 2.33. The molecule has 3 amide bonds. The van der Waals surface area contributed by atoms with Crippen molar-refractivity contribution in [3.05, 3.63) is 72.7 Å². The molecule has 0 aliphatic carbocycles. The minimum absolute atomic E-state index is 0.0290. The zero-order chi connectivity index (χ0) is 20.3. The molecule has 1 aliphatic rings. The summed E-state index contributed by atoms with van der Waals surface area (Å²) in [4.78, 5) is 48.2. The first-order chi connectivity index (χ1) is 13.3. The first kappa shape index (κ1) is 20.0. The van der Waals surface area contributed by atoms with E-state index < -0.39 is 28.5 Å². The number of amides is 3. The molecule has 0 bridgehead atoms. The molecule has 28 heavy (non-hydrogen) atoms. The van der Waals surface area contributed by atoms with Crippen LogP contribution in [0.3, 0.4) is 0 Å². The Hall–Kier alpha value is -2.73. The van der Waals surface area contributed by atoms with Gasteiger partial charge in [0.25, 0.3) is 16.8 Å². The summed E-state index contributed by atoms with van der Waals surface area (Å²) < 4.78 is 1.00. The number of carbonyl (C=O) groups is 3. The fraction of sp³-hybridized carbons (Fsp3) is 0.0556. The number of imide groups is 1. The van der Waals surface area contributed by atoms with Gasteiger partial charge in [-0.25, -0.2) is 0 Å². The predicted molar refractivity (Wildman–Crippen MR) is 114 cm³/mol. The van der Waals surface area contributed by atoms with Crippen molar-refractivity contribution in [2.75, 3.05) is 11.9 Å². The average Bonchev–Trinajstić information content (AvgIpc) is 2.91. The Bertz CT molecular complexity index is 1010. The van der Waals surface area contributed by atoms with Crippen molar-refractivity contribution in [1.29, 1.82) is 0 Å². The van der Waals surface area contributed by atoms with Crippen molar-refractivity contribution >= 4 is 68.9 Å². The second-order valence-electron chi connectivity index (χ2n) is 5.64. The lowest BCUT2D eigenvalue weighted by Gasteiger charge is -2.12. The molecule has 0 saturated carbocycles. The Morgan fingerprint density at radius 3 is 2.54 bits per heavy atom. The highest BCUT2D eigenvalue weighted by atomic mass is 127. The van der Waals surface area contributed by atoms with Crippen LogP contribution < -0.4 is 5.32 Å². The molecular formula is C18H12IN3O5S. The molecule has 1 N–H and O–H groups in total. The summed E-state index contributed by atoms with van der Waals surface area (Å²) in [5, 5.41) is 13.1. The number of hydrogen-bond acceptors (Lipinski definition) is 6. The Kier molecular flexibility index (Phi) is 6.09. The maximum atomic E-state index is 12.5. The van der Waals surface area contributed by atoms with E-state index in [0.29, 0.717) is 17.4 Å². The van der Waals surface area contributed by atoms with Gasteiger partial charge in [0.15, 0.2) is 0 Å². The standard InChI is InChI=1S/C18H12IN3O5S/c19-12-5-7-13(8-6-12)20-16(23)10-21-17(24)15(28-18(21)25)9-11-3-1-2-4-14(11)22(26)27/h1-9H,10H2,(H,20,23)/b15-9+. The summed E-state index contributed by atoms with van der Waals surface area (Å²) >= 11 is 2.77. The number of nitro benzene ring substituents is 1. The minimum Gasteiger partial charge on any atom is -0.325 e. The van der Waals surface area contributed by atoms with Crippen LogP contribution in [0.15, 0.2) is 53.4 Å². The van der Waals surface area contributed by atoms with Gasteiger partial charge in [-0.15, -0.1) is 0 Å². The number of thioether (sulfide) groups is 1. The van der Waals surface area contributed by atoms with Gasteiger partial charge in [-0.2, -0.15) is 0 Å². The molecule has 8 nitrogen and oxygen atoms in total. The van der Waals surface area contributed by atoms with Gasteiger partial charge in [-0.3, -0.25) is 29.4 Å². The number of nitrogens with one attached hydrogen (secondary N) is 1. The maximum absolute atomic E-state index is 12.5. The number of para-hydroxylation sites is 1. The molecule has 0 unspecified atom stereocenters. The number of benzene rings is 2. The number of nitrogens with zero attached hydrogens (tertiary/aromatic N) is 2. The average molecular weight is 509 g/mol. The van der Waals surface area contributed by atoms with E-state index >= 15 is 0 Å². The molecule has 142 valence electrons. The first-order valence-electron chi connectivity index (χ1n) is 7.89. The van der Waals surface area contributed by atoms with Crippen molar-refractivity contribution in [3.8, 4) is 0 Å². The second kappa shape index (κ2) is 8.52. The minimum atomic E-state index is -0.661. The Labute approximate surface area is 177 Å². The number of rotatable bonds is 5. The lowest BCUT2D eigenvalue weighted by atomic mass is 10.1. The van der Waals surface area contributed by atoms with Gasteiger partial charge in [-0.05, 0) is 70.8 Å². The van der Waals surface area contributed by atoms with Crippen LogP contribution in [0.1, 0.15) is 5.56 Å². The molecule has 1 fully saturated rings. The third-order valence-corrected chi connectivity index (χ3v) is 5.35. The Balaban J connectivity index is 1.74. The summed E-state index contributed by atoms with van der Waals surface area (Å²) in [5.74, 6) is -1.18. The van der Waals surface area contributed by atoms with Gasteiger partial charge >= 0.3 is 0 Å². The van der Waals surface area contributed by atoms with Crippen LogP contribution in [-0.4, -0.2) is 33.4 Å². The third kappa shape index (κ3) is 4.57.